The van der Waals surface area contributed by atoms with Crippen molar-refractivity contribution in [3.8, 4) is 11.3 Å². The first kappa shape index (κ1) is 15.0. The smallest absolute Gasteiger partial charge is 0.262 e. The highest BCUT2D eigenvalue weighted by Gasteiger charge is 2.18. The first-order valence-corrected chi connectivity index (χ1v) is 7.99. The number of carbonyl (C=O) groups is 1. The molecule has 0 fully saturated rings. The molecular weight excluding hydrogens is 322 g/mol. The molecule has 0 saturated carbocycles. The molecule has 114 valence electrons. The van der Waals surface area contributed by atoms with Crippen LogP contribution in [-0.2, 0) is 6.61 Å². The van der Waals surface area contributed by atoms with E-state index in [4.69, 9.17) is 11.6 Å². The van der Waals surface area contributed by atoms with Gasteiger partial charge in [-0.3, -0.25) is 9.20 Å². The molecule has 2 N–H and O–H groups in total. The minimum Gasteiger partial charge on any atom is -0.390 e. The number of fused-ring (bicyclic) bond motifs is 1. The van der Waals surface area contributed by atoms with E-state index in [1.54, 1.807) is 22.7 Å². The molecule has 0 aliphatic heterocycles. The van der Waals surface area contributed by atoms with E-state index in [1.807, 2.05) is 19.1 Å². The van der Waals surface area contributed by atoms with Crippen molar-refractivity contribution in [1.82, 2.24) is 14.7 Å². The van der Waals surface area contributed by atoms with Crippen LogP contribution in [0.2, 0.25) is 5.02 Å². The Morgan fingerprint density at radius 1 is 1.41 bits per heavy atom. The molecule has 0 aliphatic carbocycles. The molecule has 5 nitrogen and oxygen atoms in total. The van der Waals surface area contributed by atoms with Crippen LogP contribution in [0.4, 0.5) is 0 Å². The van der Waals surface area contributed by atoms with Crippen molar-refractivity contribution in [2.45, 2.75) is 13.5 Å². The monoisotopic (exact) mass is 335 g/mol. The summed E-state index contributed by atoms with van der Waals surface area (Å²) in [6.45, 7) is 2.28. The summed E-state index contributed by atoms with van der Waals surface area (Å²) >= 11 is 7.19. The van der Waals surface area contributed by atoms with Gasteiger partial charge in [-0.05, 0) is 19.1 Å². The zero-order valence-corrected chi connectivity index (χ0v) is 13.4. The summed E-state index contributed by atoms with van der Waals surface area (Å²) in [6.07, 6.45) is 1.71. The van der Waals surface area contributed by atoms with Gasteiger partial charge in [-0.2, -0.15) is 0 Å². The highest BCUT2D eigenvalue weighted by atomic mass is 35.5. The lowest BCUT2D eigenvalue weighted by Gasteiger charge is -2.02. The zero-order valence-electron chi connectivity index (χ0n) is 11.8. The number of aliphatic hydroxyl groups is 1. The average molecular weight is 336 g/mol. The van der Waals surface area contributed by atoms with Crippen LogP contribution in [-0.4, -0.2) is 26.9 Å². The van der Waals surface area contributed by atoms with Gasteiger partial charge in [0.1, 0.15) is 4.88 Å². The van der Waals surface area contributed by atoms with Gasteiger partial charge in [0.2, 0.25) is 0 Å². The number of halogens is 1. The Morgan fingerprint density at radius 2 is 2.14 bits per heavy atom. The molecule has 0 spiro atoms. The Labute approximate surface area is 136 Å². The summed E-state index contributed by atoms with van der Waals surface area (Å²) < 4.78 is 1.76. The number of nitrogens with one attached hydrogen (secondary N) is 1. The normalized spacial score (nSPS) is 11.0. The van der Waals surface area contributed by atoms with E-state index in [0.29, 0.717) is 32.8 Å². The molecule has 3 rings (SSSR count). The van der Waals surface area contributed by atoms with Crippen molar-refractivity contribution in [2.24, 2.45) is 0 Å². The third-order valence-corrected chi connectivity index (χ3v) is 4.49. The van der Waals surface area contributed by atoms with Gasteiger partial charge in [0.25, 0.3) is 5.91 Å². The van der Waals surface area contributed by atoms with Crippen LogP contribution in [0.5, 0.6) is 0 Å². The van der Waals surface area contributed by atoms with E-state index in [0.717, 1.165) is 5.56 Å². The quantitative estimate of drug-likeness (QED) is 0.770. The Hall–Kier alpha value is -1.89. The summed E-state index contributed by atoms with van der Waals surface area (Å²) in [5, 5.41) is 13.1. The number of carbonyl (C=O) groups excluding carboxylic acids is 1. The molecule has 22 heavy (non-hydrogen) atoms. The number of hydrogen-bond donors (Lipinski definition) is 2. The van der Waals surface area contributed by atoms with Gasteiger partial charge in [0.15, 0.2) is 4.96 Å². The van der Waals surface area contributed by atoms with Crippen LogP contribution < -0.4 is 5.32 Å². The lowest BCUT2D eigenvalue weighted by molar-refractivity contribution is 0.0959. The Morgan fingerprint density at radius 3 is 2.77 bits per heavy atom. The highest BCUT2D eigenvalue weighted by molar-refractivity contribution is 7.18. The van der Waals surface area contributed by atoms with Gasteiger partial charge in [0.05, 0.1) is 18.0 Å². The number of benzene rings is 1. The molecule has 0 saturated heterocycles. The van der Waals surface area contributed by atoms with Crippen LogP contribution in [0, 0.1) is 0 Å². The second kappa shape index (κ2) is 6.08. The number of aromatic nitrogens is 2. The Kier molecular flexibility index (Phi) is 4.15. The maximum absolute atomic E-state index is 11.9. The second-order valence-electron chi connectivity index (χ2n) is 4.68. The fourth-order valence-corrected chi connectivity index (χ4v) is 3.28. The standard InChI is InChI=1S/C15H14ClN3O2S/c1-2-17-14(21)12-7-19-11(8-20)13(18-15(19)22-12)9-3-5-10(16)6-4-9/h3-7,20H,2,8H2,1H3,(H,17,21). The second-order valence-corrected chi connectivity index (χ2v) is 6.13. The van der Waals surface area contributed by atoms with Gasteiger partial charge >= 0.3 is 0 Å². The minimum atomic E-state index is -0.162. The summed E-state index contributed by atoms with van der Waals surface area (Å²) in [7, 11) is 0. The molecule has 0 bridgehead atoms. The first-order chi connectivity index (χ1) is 10.6. The van der Waals surface area contributed by atoms with Crippen LogP contribution in [0.15, 0.2) is 30.5 Å². The molecule has 3 aromatic rings. The molecule has 2 aromatic heterocycles. The van der Waals surface area contributed by atoms with Crippen molar-refractivity contribution in [3.63, 3.8) is 0 Å². The van der Waals surface area contributed by atoms with Crippen molar-refractivity contribution in [1.29, 1.82) is 0 Å². The predicted molar refractivity (Wildman–Crippen MR) is 87.4 cm³/mol. The van der Waals surface area contributed by atoms with E-state index < -0.39 is 0 Å². The third-order valence-electron chi connectivity index (χ3n) is 3.25. The van der Waals surface area contributed by atoms with Crippen LogP contribution in [0.1, 0.15) is 22.3 Å². The first-order valence-electron chi connectivity index (χ1n) is 6.79. The summed E-state index contributed by atoms with van der Waals surface area (Å²) in [4.78, 5) is 17.7. The highest BCUT2D eigenvalue weighted by Crippen LogP contribution is 2.29. The zero-order chi connectivity index (χ0) is 15.7. The number of hydrogen-bond acceptors (Lipinski definition) is 4. The van der Waals surface area contributed by atoms with E-state index in [2.05, 4.69) is 10.3 Å². The van der Waals surface area contributed by atoms with Crippen LogP contribution in [0.3, 0.4) is 0 Å². The molecule has 7 heteroatoms. The topological polar surface area (TPSA) is 66.6 Å². The van der Waals surface area contributed by atoms with Gasteiger partial charge < -0.3 is 10.4 Å². The molecule has 0 aliphatic rings. The number of nitrogens with zero attached hydrogens (tertiary/aromatic N) is 2. The maximum atomic E-state index is 11.9. The number of imidazole rings is 1. The van der Waals surface area contributed by atoms with Crippen molar-refractivity contribution in [3.05, 3.63) is 46.1 Å². The van der Waals surface area contributed by atoms with Gasteiger partial charge in [-0.15, -0.1) is 0 Å². The lowest BCUT2D eigenvalue weighted by atomic mass is 10.1. The average Bonchev–Trinajstić information content (AvgIpc) is 3.05. The number of rotatable bonds is 4. The summed E-state index contributed by atoms with van der Waals surface area (Å²) in [5.74, 6) is -0.130. The Balaban J connectivity index is 2.08. The predicted octanol–water partition coefficient (Wildman–Crippen LogP) is 2.96. The fourth-order valence-electron chi connectivity index (χ4n) is 2.23. The van der Waals surface area contributed by atoms with Gasteiger partial charge in [-0.1, -0.05) is 35.1 Å². The summed E-state index contributed by atoms with van der Waals surface area (Å²) in [6, 6.07) is 7.29. The molecule has 1 aromatic carbocycles. The number of amides is 1. The minimum absolute atomic E-state index is 0.130. The third kappa shape index (κ3) is 2.61. The molecule has 2 heterocycles. The largest absolute Gasteiger partial charge is 0.390 e. The SMILES string of the molecule is CCNC(=O)c1cn2c(CO)c(-c3ccc(Cl)cc3)nc2s1. The molecular formula is C15H14ClN3O2S. The van der Waals surface area contributed by atoms with Crippen LogP contribution >= 0.6 is 22.9 Å². The van der Waals surface area contributed by atoms with E-state index in [-0.39, 0.29) is 12.5 Å². The molecule has 0 radical (unpaired) electrons. The van der Waals surface area contributed by atoms with Crippen molar-refractivity contribution >= 4 is 33.8 Å². The van der Waals surface area contributed by atoms with Crippen molar-refractivity contribution < 1.29 is 9.90 Å². The van der Waals surface area contributed by atoms with E-state index in [1.165, 1.54) is 11.3 Å². The maximum Gasteiger partial charge on any atom is 0.262 e. The van der Waals surface area contributed by atoms with E-state index in [9.17, 15) is 9.90 Å². The fraction of sp³-hybridized carbons (Fsp3) is 0.200. The lowest BCUT2D eigenvalue weighted by Crippen LogP contribution is -2.21. The van der Waals surface area contributed by atoms with Gasteiger partial charge in [0, 0.05) is 23.3 Å². The number of thiazole rings is 1. The molecule has 0 unspecified atom stereocenters. The van der Waals surface area contributed by atoms with E-state index >= 15 is 0 Å². The molecule has 0 atom stereocenters. The number of aliphatic hydroxyl groups excluding tert-OH is 1. The van der Waals surface area contributed by atoms with Crippen molar-refractivity contribution in [2.75, 3.05) is 6.54 Å². The van der Waals surface area contributed by atoms with Gasteiger partial charge in [-0.25, -0.2) is 4.98 Å². The van der Waals surface area contributed by atoms with Crippen LogP contribution in [0.25, 0.3) is 16.2 Å². The molecule has 1 amide bonds. The Bertz CT molecular complexity index is 823. The summed E-state index contributed by atoms with van der Waals surface area (Å²) in [5.41, 5.74) is 2.24.